The number of cyclic esters (lactones) is 1. The van der Waals surface area contributed by atoms with E-state index in [0.29, 0.717) is 12.0 Å². The molecule has 0 saturated carbocycles. The first kappa shape index (κ1) is 18.9. The highest BCUT2D eigenvalue weighted by molar-refractivity contribution is 5.95. The van der Waals surface area contributed by atoms with Crippen LogP contribution in [0.2, 0.25) is 0 Å². The summed E-state index contributed by atoms with van der Waals surface area (Å²) < 4.78 is 5.42. The third-order valence-electron chi connectivity index (χ3n) is 5.37. The molecule has 3 aromatic rings. The molecule has 4 rings (SSSR count). The minimum atomic E-state index is -0.813. The van der Waals surface area contributed by atoms with E-state index in [0.717, 1.165) is 16.7 Å². The van der Waals surface area contributed by atoms with Crippen molar-refractivity contribution in [3.63, 3.8) is 0 Å². The van der Waals surface area contributed by atoms with E-state index < -0.39 is 12.1 Å². The van der Waals surface area contributed by atoms with E-state index in [2.05, 4.69) is 29.6 Å². The first-order valence-electron chi connectivity index (χ1n) is 9.82. The molecule has 4 heteroatoms. The van der Waals surface area contributed by atoms with Gasteiger partial charge in [-0.15, -0.1) is 0 Å². The second kappa shape index (κ2) is 8.31. The maximum atomic E-state index is 12.9. The number of esters is 1. The molecule has 0 fully saturated rings. The molecule has 1 N–H and O–H groups in total. The number of rotatable bonds is 5. The third-order valence-corrected chi connectivity index (χ3v) is 5.37. The molecule has 4 nitrogen and oxygen atoms in total. The van der Waals surface area contributed by atoms with Gasteiger partial charge in [0.1, 0.15) is 0 Å². The fourth-order valence-corrected chi connectivity index (χ4v) is 3.97. The molecule has 1 amide bonds. The maximum absolute atomic E-state index is 12.9. The molecule has 2 unspecified atom stereocenters. The Hall–Kier alpha value is -3.40. The van der Waals surface area contributed by atoms with Crippen LogP contribution in [0.5, 0.6) is 0 Å². The van der Waals surface area contributed by atoms with Gasteiger partial charge in [0, 0.05) is 18.4 Å². The maximum Gasteiger partial charge on any atom is 0.339 e. The van der Waals surface area contributed by atoms with Crippen LogP contribution in [0.4, 0.5) is 0 Å². The zero-order valence-corrected chi connectivity index (χ0v) is 16.2. The van der Waals surface area contributed by atoms with Crippen molar-refractivity contribution in [2.45, 2.75) is 31.4 Å². The van der Waals surface area contributed by atoms with Gasteiger partial charge in [-0.05, 0) is 29.7 Å². The SMILES string of the molecule is CC(NC(=O)C1Cc2ccccc2C(=O)O1)C(c1ccccc1)c1ccccc1. The lowest BCUT2D eigenvalue weighted by Gasteiger charge is -2.29. The predicted molar refractivity (Wildman–Crippen MR) is 112 cm³/mol. The van der Waals surface area contributed by atoms with Gasteiger partial charge in [0.05, 0.1) is 5.56 Å². The molecular formula is C25H23NO3. The van der Waals surface area contributed by atoms with Crippen LogP contribution < -0.4 is 5.32 Å². The Morgan fingerprint density at radius 3 is 2.07 bits per heavy atom. The van der Waals surface area contributed by atoms with Crippen LogP contribution in [-0.2, 0) is 16.0 Å². The standard InChI is InChI=1S/C25H23NO3/c1-17(23(18-10-4-2-5-11-18)19-12-6-3-7-13-19)26-24(27)22-16-20-14-8-9-15-21(20)25(28)29-22/h2-15,17,22-23H,16H2,1H3,(H,26,27). The molecule has 1 aliphatic rings. The lowest BCUT2D eigenvalue weighted by atomic mass is 9.85. The second-order valence-corrected chi connectivity index (χ2v) is 7.35. The molecule has 0 aliphatic carbocycles. The largest absolute Gasteiger partial charge is 0.448 e. The summed E-state index contributed by atoms with van der Waals surface area (Å²) in [6, 6.07) is 27.3. The normalized spacial score (nSPS) is 16.6. The minimum absolute atomic E-state index is 0.00655. The molecule has 1 aliphatic heterocycles. The summed E-state index contributed by atoms with van der Waals surface area (Å²) in [7, 11) is 0. The zero-order chi connectivity index (χ0) is 20.2. The van der Waals surface area contributed by atoms with E-state index in [1.165, 1.54) is 0 Å². The van der Waals surface area contributed by atoms with Crippen LogP contribution in [-0.4, -0.2) is 24.0 Å². The third kappa shape index (κ3) is 4.06. The van der Waals surface area contributed by atoms with Gasteiger partial charge in [-0.25, -0.2) is 4.79 Å². The quantitative estimate of drug-likeness (QED) is 0.673. The smallest absolute Gasteiger partial charge is 0.339 e. The van der Waals surface area contributed by atoms with Gasteiger partial charge < -0.3 is 10.1 Å². The Labute approximate surface area is 170 Å². The van der Waals surface area contributed by atoms with Crippen molar-refractivity contribution in [1.82, 2.24) is 5.32 Å². The van der Waals surface area contributed by atoms with E-state index in [-0.39, 0.29) is 17.9 Å². The minimum Gasteiger partial charge on any atom is -0.448 e. The highest BCUT2D eigenvalue weighted by Crippen LogP contribution is 2.28. The molecule has 0 bridgehead atoms. The second-order valence-electron chi connectivity index (χ2n) is 7.35. The number of benzene rings is 3. The van der Waals surface area contributed by atoms with Gasteiger partial charge in [0.15, 0.2) is 6.10 Å². The van der Waals surface area contributed by atoms with Crippen LogP contribution in [0.1, 0.15) is 39.9 Å². The number of nitrogens with one attached hydrogen (secondary N) is 1. The van der Waals surface area contributed by atoms with Crippen molar-refractivity contribution in [2.24, 2.45) is 0 Å². The van der Waals surface area contributed by atoms with Crippen LogP contribution in [0.25, 0.3) is 0 Å². The molecule has 1 heterocycles. The van der Waals surface area contributed by atoms with Crippen LogP contribution in [0.15, 0.2) is 84.9 Å². The summed E-state index contributed by atoms with van der Waals surface area (Å²) in [5.74, 6) is -0.715. The molecule has 0 saturated heterocycles. The summed E-state index contributed by atoms with van der Waals surface area (Å²) in [5, 5.41) is 3.08. The Balaban J connectivity index is 1.54. The van der Waals surface area contributed by atoms with Gasteiger partial charge in [-0.2, -0.15) is 0 Å². The van der Waals surface area contributed by atoms with Gasteiger partial charge >= 0.3 is 5.97 Å². The number of hydrogen-bond donors (Lipinski definition) is 1. The van der Waals surface area contributed by atoms with Gasteiger partial charge in [-0.3, -0.25) is 4.79 Å². The first-order chi connectivity index (χ1) is 14.1. The number of carbonyl (C=O) groups is 2. The lowest BCUT2D eigenvalue weighted by Crippen LogP contribution is -2.46. The Morgan fingerprint density at radius 1 is 0.897 bits per heavy atom. The molecular weight excluding hydrogens is 362 g/mol. The van der Waals surface area contributed by atoms with Crippen molar-refractivity contribution in [3.05, 3.63) is 107 Å². The molecule has 146 valence electrons. The fraction of sp³-hybridized carbons (Fsp3) is 0.200. The summed E-state index contributed by atoms with van der Waals surface area (Å²) in [4.78, 5) is 25.2. The summed E-state index contributed by atoms with van der Waals surface area (Å²) in [6.07, 6.45) is -0.422. The number of carbonyl (C=O) groups excluding carboxylic acids is 2. The Kier molecular flexibility index (Phi) is 5.43. The van der Waals surface area contributed by atoms with Crippen LogP contribution in [0.3, 0.4) is 0 Å². The van der Waals surface area contributed by atoms with E-state index >= 15 is 0 Å². The van der Waals surface area contributed by atoms with Crippen molar-refractivity contribution < 1.29 is 14.3 Å². The number of hydrogen-bond acceptors (Lipinski definition) is 3. The summed E-state index contributed by atoms with van der Waals surface area (Å²) in [5.41, 5.74) is 3.63. The molecule has 3 aromatic carbocycles. The molecule has 0 aromatic heterocycles. The van der Waals surface area contributed by atoms with Crippen molar-refractivity contribution in [1.29, 1.82) is 0 Å². The van der Waals surface area contributed by atoms with Crippen molar-refractivity contribution in [3.8, 4) is 0 Å². The Morgan fingerprint density at radius 2 is 1.45 bits per heavy atom. The number of fused-ring (bicyclic) bond motifs is 1. The van der Waals surface area contributed by atoms with E-state index in [9.17, 15) is 9.59 Å². The highest BCUT2D eigenvalue weighted by atomic mass is 16.5. The molecule has 2 atom stereocenters. The van der Waals surface area contributed by atoms with Crippen LogP contribution in [0, 0.1) is 0 Å². The first-order valence-corrected chi connectivity index (χ1v) is 9.82. The average molecular weight is 385 g/mol. The zero-order valence-electron chi connectivity index (χ0n) is 16.2. The lowest BCUT2D eigenvalue weighted by molar-refractivity contribution is -0.131. The predicted octanol–water partition coefficient (Wildman–Crippen LogP) is 4.10. The summed E-state index contributed by atoms with van der Waals surface area (Å²) in [6.45, 7) is 1.99. The van der Waals surface area contributed by atoms with Gasteiger partial charge in [-0.1, -0.05) is 78.9 Å². The average Bonchev–Trinajstić information content (AvgIpc) is 2.75. The fourth-order valence-electron chi connectivity index (χ4n) is 3.97. The van der Waals surface area contributed by atoms with E-state index in [4.69, 9.17) is 4.74 Å². The number of amides is 1. The number of ether oxygens (including phenoxy) is 1. The topological polar surface area (TPSA) is 55.4 Å². The Bertz CT molecular complexity index is 961. The van der Waals surface area contributed by atoms with E-state index in [1.54, 1.807) is 12.1 Å². The molecule has 0 radical (unpaired) electrons. The van der Waals surface area contributed by atoms with Crippen molar-refractivity contribution in [2.75, 3.05) is 0 Å². The van der Waals surface area contributed by atoms with Gasteiger partial charge in [0.25, 0.3) is 5.91 Å². The van der Waals surface area contributed by atoms with Gasteiger partial charge in [0.2, 0.25) is 0 Å². The van der Waals surface area contributed by atoms with Crippen LogP contribution >= 0.6 is 0 Å². The van der Waals surface area contributed by atoms with Crippen molar-refractivity contribution >= 4 is 11.9 Å². The molecule has 29 heavy (non-hydrogen) atoms. The summed E-state index contributed by atoms with van der Waals surface area (Å²) >= 11 is 0. The van der Waals surface area contributed by atoms with E-state index in [1.807, 2.05) is 55.5 Å². The highest BCUT2D eigenvalue weighted by Gasteiger charge is 2.33. The molecule has 0 spiro atoms. The monoisotopic (exact) mass is 385 g/mol.